The van der Waals surface area contributed by atoms with Crippen LogP contribution in [0.2, 0.25) is 0 Å². The molecular formula is C17H26F2N2O2. The standard InChI is InChI=1S/C17H26F2N2O2/c1-5-7-13(11-21-16(22)23-17(2,3)4)20-10-12-8-6-9-14(18)15(12)19/h6,8-9,13,20H,5,7,10-11H2,1-4H3,(H,21,22). The highest BCUT2D eigenvalue weighted by Crippen LogP contribution is 2.12. The molecule has 0 saturated heterocycles. The van der Waals surface area contributed by atoms with E-state index in [2.05, 4.69) is 10.6 Å². The summed E-state index contributed by atoms with van der Waals surface area (Å²) in [6, 6.07) is 4.06. The summed E-state index contributed by atoms with van der Waals surface area (Å²) in [7, 11) is 0. The van der Waals surface area contributed by atoms with Crippen molar-refractivity contribution in [2.24, 2.45) is 0 Å². The molecule has 1 unspecified atom stereocenters. The zero-order valence-corrected chi connectivity index (χ0v) is 14.2. The number of benzene rings is 1. The van der Waals surface area contributed by atoms with Crippen molar-refractivity contribution < 1.29 is 18.3 Å². The minimum absolute atomic E-state index is 0.0461. The van der Waals surface area contributed by atoms with E-state index in [1.54, 1.807) is 20.8 Å². The number of amides is 1. The lowest BCUT2D eigenvalue weighted by Gasteiger charge is -2.22. The van der Waals surface area contributed by atoms with E-state index in [9.17, 15) is 13.6 Å². The first kappa shape index (κ1) is 19.4. The van der Waals surface area contributed by atoms with Crippen LogP contribution in [0.25, 0.3) is 0 Å². The van der Waals surface area contributed by atoms with Gasteiger partial charge in [0.15, 0.2) is 11.6 Å². The lowest BCUT2D eigenvalue weighted by atomic mass is 10.1. The zero-order chi connectivity index (χ0) is 17.5. The van der Waals surface area contributed by atoms with E-state index in [0.717, 1.165) is 18.9 Å². The van der Waals surface area contributed by atoms with E-state index >= 15 is 0 Å². The van der Waals surface area contributed by atoms with Crippen LogP contribution in [-0.4, -0.2) is 24.3 Å². The number of alkyl carbamates (subject to hydrolysis) is 1. The molecule has 1 aromatic rings. The first-order chi connectivity index (χ1) is 10.7. The van der Waals surface area contributed by atoms with E-state index < -0.39 is 23.3 Å². The summed E-state index contributed by atoms with van der Waals surface area (Å²) in [6.45, 7) is 7.96. The molecule has 6 heteroatoms. The van der Waals surface area contributed by atoms with Crippen LogP contribution in [0, 0.1) is 11.6 Å². The second kappa shape index (κ2) is 8.82. The highest BCUT2D eigenvalue weighted by Gasteiger charge is 2.17. The van der Waals surface area contributed by atoms with Crippen molar-refractivity contribution >= 4 is 6.09 Å². The fourth-order valence-electron chi connectivity index (χ4n) is 2.08. The van der Waals surface area contributed by atoms with Gasteiger partial charge in [-0.2, -0.15) is 0 Å². The summed E-state index contributed by atoms with van der Waals surface area (Å²) >= 11 is 0. The van der Waals surface area contributed by atoms with Gasteiger partial charge in [-0.05, 0) is 33.3 Å². The Morgan fingerprint density at radius 1 is 1.30 bits per heavy atom. The Hall–Kier alpha value is -1.69. The summed E-state index contributed by atoms with van der Waals surface area (Å²) in [5.74, 6) is -1.70. The van der Waals surface area contributed by atoms with E-state index in [1.807, 2.05) is 6.92 Å². The third-order valence-electron chi connectivity index (χ3n) is 3.14. The second-order valence-electron chi connectivity index (χ2n) is 6.46. The lowest BCUT2D eigenvalue weighted by Crippen LogP contribution is -2.42. The summed E-state index contributed by atoms with van der Waals surface area (Å²) in [6.07, 6.45) is 1.21. The topological polar surface area (TPSA) is 50.4 Å². The Labute approximate surface area is 136 Å². The Morgan fingerprint density at radius 2 is 2.00 bits per heavy atom. The molecule has 0 radical (unpaired) electrons. The molecule has 0 aromatic heterocycles. The first-order valence-corrected chi connectivity index (χ1v) is 7.86. The molecule has 1 rings (SSSR count). The largest absolute Gasteiger partial charge is 0.444 e. The number of hydrogen-bond acceptors (Lipinski definition) is 3. The van der Waals surface area contributed by atoms with Crippen LogP contribution in [0.4, 0.5) is 13.6 Å². The molecule has 2 N–H and O–H groups in total. The Bertz CT molecular complexity index is 516. The van der Waals surface area contributed by atoms with Crippen molar-refractivity contribution in [3.8, 4) is 0 Å². The molecule has 0 aliphatic carbocycles. The molecular weight excluding hydrogens is 302 g/mol. The molecule has 1 amide bonds. The summed E-state index contributed by atoms with van der Waals surface area (Å²) < 4.78 is 32.0. The maximum Gasteiger partial charge on any atom is 0.407 e. The lowest BCUT2D eigenvalue weighted by molar-refractivity contribution is 0.0521. The smallest absolute Gasteiger partial charge is 0.407 e. The third kappa shape index (κ3) is 7.41. The quantitative estimate of drug-likeness (QED) is 0.801. The molecule has 0 bridgehead atoms. The van der Waals surface area contributed by atoms with Crippen molar-refractivity contribution in [3.05, 3.63) is 35.4 Å². The van der Waals surface area contributed by atoms with E-state index in [-0.39, 0.29) is 18.2 Å². The maximum atomic E-state index is 13.6. The maximum absolute atomic E-state index is 13.6. The fraction of sp³-hybridized carbons (Fsp3) is 0.588. The van der Waals surface area contributed by atoms with Crippen LogP contribution in [0.5, 0.6) is 0 Å². The van der Waals surface area contributed by atoms with Crippen molar-refractivity contribution in [1.82, 2.24) is 10.6 Å². The van der Waals surface area contributed by atoms with Gasteiger partial charge in [0.05, 0.1) is 0 Å². The molecule has 0 heterocycles. The average molecular weight is 328 g/mol. The van der Waals surface area contributed by atoms with Gasteiger partial charge in [-0.25, -0.2) is 13.6 Å². The van der Waals surface area contributed by atoms with E-state index in [1.165, 1.54) is 12.1 Å². The van der Waals surface area contributed by atoms with Gasteiger partial charge in [0.2, 0.25) is 0 Å². The van der Waals surface area contributed by atoms with Crippen LogP contribution in [0.3, 0.4) is 0 Å². The minimum atomic E-state index is -0.858. The van der Waals surface area contributed by atoms with Crippen LogP contribution >= 0.6 is 0 Å². The van der Waals surface area contributed by atoms with Crippen molar-refractivity contribution in [2.45, 2.75) is 58.7 Å². The fourth-order valence-corrected chi connectivity index (χ4v) is 2.08. The molecule has 1 aromatic carbocycles. The number of nitrogens with one attached hydrogen (secondary N) is 2. The molecule has 23 heavy (non-hydrogen) atoms. The van der Waals surface area contributed by atoms with Gasteiger partial charge in [0.25, 0.3) is 0 Å². The van der Waals surface area contributed by atoms with Gasteiger partial charge >= 0.3 is 6.09 Å². The van der Waals surface area contributed by atoms with Gasteiger partial charge in [-0.15, -0.1) is 0 Å². The van der Waals surface area contributed by atoms with Crippen LogP contribution in [0.15, 0.2) is 18.2 Å². The number of carbonyl (C=O) groups excluding carboxylic acids is 1. The molecule has 0 aliphatic heterocycles. The molecule has 0 saturated carbocycles. The number of hydrogen-bond donors (Lipinski definition) is 2. The van der Waals surface area contributed by atoms with Gasteiger partial charge < -0.3 is 15.4 Å². The first-order valence-electron chi connectivity index (χ1n) is 7.86. The van der Waals surface area contributed by atoms with Gasteiger partial charge in [-0.1, -0.05) is 25.5 Å². The predicted octanol–water partition coefficient (Wildman–Crippen LogP) is 3.75. The average Bonchev–Trinajstić information content (AvgIpc) is 2.44. The molecule has 0 fully saturated rings. The van der Waals surface area contributed by atoms with E-state index in [0.29, 0.717) is 6.54 Å². The van der Waals surface area contributed by atoms with Crippen molar-refractivity contribution in [3.63, 3.8) is 0 Å². The van der Waals surface area contributed by atoms with E-state index in [4.69, 9.17) is 4.74 Å². The molecule has 0 aliphatic rings. The van der Waals surface area contributed by atoms with Crippen LogP contribution < -0.4 is 10.6 Å². The molecule has 0 spiro atoms. The predicted molar refractivity (Wildman–Crippen MR) is 86.1 cm³/mol. The SMILES string of the molecule is CCCC(CNC(=O)OC(C)(C)C)NCc1cccc(F)c1F. The number of ether oxygens (including phenoxy) is 1. The second-order valence-corrected chi connectivity index (χ2v) is 6.46. The van der Waals surface area contributed by atoms with Crippen molar-refractivity contribution in [1.29, 1.82) is 0 Å². The van der Waals surface area contributed by atoms with Crippen LogP contribution in [0.1, 0.15) is 46.1 Å². The summed E-state index contributed by atoms with van der Waals surface area (Å²) in [4.78, 5) is 11.7. The Morgan fingerprint density at radius 3 is 2.61 bits per heavy atom. The molecule has 4 nitrogen and oxygen atoms in total. The zero-order valence-electron chi connectivity index (χ0n) is 14.2. The number of halogens is 2. The summed E-state index contributed by atoms with van der Waals surface area (Å²) in [5.41, 5.74) is -0.286. The third-order valence-corrected chi connectivity index (χ3v) is 3.14. The normalized spacial score (nSPS) is 12.8. The Kier molecular flexibility index (Phi) is 7.42. The molecule has 1 atom stereocenters. The van der Waals surface area contributed by atoms with Gasteiger partial charge in [0.1, 0.15) is 5.60 Å². The van der Waals surface area contributed by atoms with Crippen LogP contribution in [-0.2, 0) is 11.3 Å². The highest BCUT2D eigenvalue weighted by atomic mass is 19.2. The number of rotatable bonds is 7. The number of carbonyl (C=O) groups is 1. The van der Waals surface area contributed by atoms with Crippen molar-refractivity contribution in [2.75, 3.05) is 6.54 Å². The van der Waals surface area contributed by atoms with Gasteiger partial charge in [-0.3, -0.25) is 0 Å². The van der Waals surface area contributed by atoms with Gasteiger partial charge in [0, 0.05) is 24.7 Å². The summed E-state index contributed by atoms with van der Waals surface area (Å²) in [5, 5.41) is 5.84. The highest BCUT2D eigenvalue weighted by molar-refractivity contribution is 5.67. The Balaban J connectivity index is 2.52. The minimum Gasteiger partial charge on any atom is -0.444 e. The monoisotopic (exact) mass is 328 g/mol. The molecule has 130 valence electrons.